The molecular weight excluding hydrogens is 174 g/mol. The minimum Gasteiger partial charge on any atom is -0.387 e. The minimum atomic E-state index is 0.552. The Morgan fingerprint density at radius 3 is 2.86 bits per heavy atom. The summed E-state index contributed by atoms with van der Waals surface area (Å²) in [5, 5.41) is 3.09. The van der Waals surface area contributed by atoms with E-state index in [0.29, 0.717) is 11.7 Å². The van der Waals surface area contributed by atoms with Crippen LogP contribution in [0.5, 0.6) is 0 Å². The zero-order chi connectivity index (χ0) is 10.1. The van der Waals surface area contributed by atoms with E-state index in [1.807, 2.05) is 7.05 Å². The highest BCUT2D eigenvalue weighted by Crippen LogP contribution is 2.43. The second-order valence-electron chi connectivity index (χ2n) is 4.07. The fourth-order valence-corrected chi connectivity index (χ4v) is 1.84. The van der Waals surface area contributed by atoms with E-state index in [1.54, 1.807) is 6.20 Å². The predicted molar refractivity (Wildman–Crippen MR) is 59.3 cm³/mol. The van der Waals surface area contributed by atoms with Gasteiger partial charge in [-0.3, -0.25) is 0 Å². The van der Waals surface area contributed by atoms with Crippen LogP contribution in [0.3, 0.4) is 0 Å². The number of aromatic nitrogens is 1. The van der Waals surface area contributed by atoms with Crippen LogP contribution >= 0.6 is 0 Å². The SMILES string of the molecule is CNc1cnc(N)c(C(C)C2CC2)c1. The van der Waals surface area contributed by atoms with Gasteiger partial charge in [-0.15, -0.1) is 0 Å². The minimum absolute atomic E-state index is 0.552. The van der Waals surface area contributed by atoms with Gasteiger partial charge in [0.1, 0.15) is 5.82 Å². The Bertz CT molecular complexity index is 331. The van der Waals surface area contributed by atoms with E-state index in [2.05, 4.69) is 23.3 Å². The van der Waals surface area contributed by atoms with Crippen LogP contribution < -0.4 is 11.1 Å². The normalized spacial score (nSPS) is 17.9. The van der Waals surface area contributed by atoms with Crippen molar-refractivity contribution in [3.63, 3.8) is 0 Å². The molecule has 0 aliphatic heterocycles. The van der Waals surface area contributed by atoms with Crippen molar-refractivity contribution in [2.45, 2.75) is 25.7 Å². The first-order chi connectivity index (χ1) is 6.72. The highest BCUT2D eigenvalue weighted by Gasteiger charge is 2.30. The second kappa shape index (κ2) is 3.48. The molecule has 0 saturated heterocycles. The summed E-state index contributed by atoms with van der Waals surface area (Å²) in [5.74, 6) is 2.06. The molecule has 0 bridgehead atoms. The lowest BCUT2D eigenvalue weighted by atomic mass is 9.96. The number of nitrogens with two attached hydrogens (primary N) is 1. The van der Waals surface area contributed by atoms with Crippen molar-refractivity contribution < 1.29 is 0 Å². The van der Waals surface area contributed by atoms with E-state index in [0.717, 1.165) is 11.6 Å². The summed E-state index contributed by atoms with van der Waals surface area (Å²) < 4.78 is 0. The summed E-state index contributed by atoms with van der Waals surface area (Å²) in [6.07, 6.45) is 4.45. The van der Waals surface area contributed by atoms with Crippen LogP contribution in [-0.2, 0) is 0 Å². The number of nitrogen functional groups attached to an aromatic ring is 1. The van der Waals surface area contributed by atoms with Crippen LogP contribution in [0.4, 0.5) is 11.5 Å². The van der Waals surface area contributed by atoms with Gasteiger partial charge in [0, 0.05) is 7.05 Å². The molecule has 1 atom stereocenters. The van der Waals surface area contributed by atoms with Crippen molar-refractivity contribution in [1.82, 2.24) is 4.98 Å². The molecule has 3 heteroatoms. The second-order valence-corrected chi connectivity index (χ2v) is 4.07. The van der Waals surface area contributed by atoms with Crippen LogP contribution in [-0.4, -0.2) is 12.0 Å². The van der Waals surface area contributed by atoms with Gasteiger partial charge in [-0.2, -0.15) is 0 Å². The molecule has 14 heavy (non-hydrogen) atoms. The van der Waals surface area contributed by atoms with Gasteiger partial charge in [0.2, 0.25) is 0 Å². The Balaban J connectivity index is 2.29. The fraction of sp³-hybridized carbons (Fsp3) is 0.545. The quantitative estimate of drug-likeness (QED) is 0.770. The van der Waals surface area contributed by atoms with E-state index in [1.165, 1.54) is 18.4 Å². The Hall–Kier alpha value is -1.25. The van der Waals surface area contributed by atoms with Gasteiger partial charge in [0.05, 0.1) is 11.9 Å². The average Bonchev–Trinajstić information content (AvgIpc) is 3.01. The summed E-state index contributed by atoms with van der Waals surface area (Å²) in [7, 11) is 1.90. The molecule has 1 heterocycles. The molecule has 1 aliphatic carbocycles. The van der Waals surface area contributed by atoms with E-state index < -0.39 is 0 Å². The number of rotatable bonds is 3. The zero-order valence-corrected chi connectivity index (χ0v) is 8.75. The van der Waals surface area contributed by atoms with E-state index >= 15 is 0 Å². The van der Waals surface area contributed by atoms with Gasteiger partial charge in [-0.1, -0.05) is 6.92 Å². The van der Waals surface area contributed by atoms with Crippen molar-refractivity contribution in [1.29, 1.82) is 0 Å². The average molecular weight is 191 g/mol. The number of hydrogen-bond acceptors (Lipinski definition) is 3. The van der Waals surface area contributed by atoms with Crippen LogP contribution in [0, 0.1) is 5.92 Å². The van der Waals surface area contributed by atoms with Crippen LogP contribution in [0.15, 0.2) is 12.3 Å². The van der Waals surface area contributed by atoms with Crippen LogP contribution in [0.1, 0.15) is 31.2 Å². The lowest BCUT2D eigenvalue weighted by Crippen LogP contribution is -2.04. The molecule has 1 unspecified atom stereocenters. The van der Waals surface area contributed by atoms with Crippen molar-refractivity contribution >= 4 is 11.5 Å². The maximum Gasteiger partial charge on any atom is 0.126 e. The maximum absolute atomic E-state index is 5.87. The molecule has 1 fully saturated rings. The van der Waals surface area contributed by atoms with Crippen LogP contribution in [0.2, 0.25) is 0 Å². The number of nitrogens with one attached hydrogen (secondary N) is 1. The molecule has 0 spiro atoms. The van der Waals surface area contributed by atoms with Gasteiger partial charge < -0.3 is 11.1 Å². The van der Waals surface area contributed by atoms with Gasteiger partial charge in [-0.05, 0) is 36.3 Å². The number of pyridine rings is 1. The molecule has 3 N–H and O–H groups in total. The topological polar surface area (TPSA) is 50.9 Å². The van der Waals surface area contributed by atoms with Crippen LogP contribution in [0.25, 0.3) is 0 Å². The molecule has 1 aromatic rings. The Morgan fingerprint density at radius 1 is 1.57 bits per heavy atom. The van der Waals surface area contributed by atoms with E-state index in [9.17, 15) is 0 Å². The summed E-state index contributed by atoms with van der Waals surface area (Å²) >= 11 is 0. The third-order valence-electron chi connectivity index (χ3n) is 3.06. The van der Waals surface area contributed by atoms with Gasteiger partial charge in [0.25, 0.3) is 0 Å². The molecule has 76 valence electrons. The van der Waals surface area contributed by atoms with Gasteiger partial charge >= 0.3 is 0 Å². The zero-order valence-electron chi connectivity index (χ0n) is 8.75. The molecule has 0 radical (unpaired) electrons. The Morgan fingerprint density at radius 2 is 2.29 bits per heavy atom. The Kier molecular flexibility index (Phi) is 2.32. The molecule has 1 aliphatic rings. The van der Waals surface area contributed by atoms with Gasteiger partial charge in [0.15, 0.2) is 0 Å². The summed E-state index contributed by atoms with van der Waals surface area (Å²) in [6.45, 7) is 2.24. The summed E-state index contributed by atoms with van der Waals surface area (Å²) in [5.41, 5.74) is 8.11. The molecule has 0 aromatic carbocycles. The number of anilines is 2. The monoisotopic (exact) mass is 191 g/mol. The fourth-order valence-electron chi connectivity index (χ4n) is 1.84. The third-order valence-corrected chi connectivity index (χ3v) is 3.06. The van der Waals surface area contributed by atoms with Crippen molar-refractivity contribution in [2.24, 2.45) is 5.92 Å². The van der Waals surface area contributed by atoms with Crippen molar-refractivity contribution in [3.8, 4) is 0 Å². The molecule has 1 aromatic heterocycles. The van der Waals surface area contributed by atoms with E-state index in [-0.39, 0.29) is 0 Å². The molecule has 2 rings (SSSR count). The highest BCUT2D eigenvalue weighted by molar-refractivity contribution is 5.52. The standard InChI is InChI=1S/C11H17N3/c1-7(8-3-4-8)10-5-9(13-2)6-14-11(10)12/h5-8,13H,3-4H2,1-2H3,(H2,12,14). The molecule has 0 amide bonds. The summed E-state index contributed by atoms with van der Waals surface area (Å²) in [6, 6.07) is 2.12. The predicted octanol–water partition coefficient (Wildman–Crippen LogP) is 2.22. The van der Waals surface area contributed by atoms with E-state index in [4.69, 9.17) is 5.73 Å². The number of nitrogens with zero attached hydrogens (tertiary/aromatic N) is 1. The summed E-state index contributed by atoms with van der Waals surface area (Å²) in [4.78, 5) is 4.20. The third kappa shape index (κ3) is 1.67. The van der Waals surface area contributed by atoms with Crippen molar-refractivity contribution in [3.05, 3.63) is 17.8 Å². The van der Waals surface area contributed by atoms with Crippen molar-refractivity contribution in [2.75, 3.05) is 18.1 Å². The number of hydrogen-bond donors (Lipinski definition) is 2. The highest BCUT2D eigenvalue weighted by atomic mass is 14.9. The maximum atomic E-state index is 5.87. The first-order valence-corrected chi connectivity index (χ1v) is 5.15. The first kappa shape index (κ1) is 9.31. The largest absolute Gasteiger partial charge is 0.387 e. The lowest BCUT2D eigenvalue weighted by Gasteiger charge is -2.13. The first-order valence-electron chi connectivity index (χ1n) is 5.15. The Labute approximate surface area is 84.7 Å². The molecule has 1 saturated carbocycles. The molecular formula is C11H17N3. The smallest absolute Gasteiger partial charge is 0.126 e. The lowest BCUT2D eigenvalue weighted by molar-refractivity contribution is 0.664. The molecule has 3 nitrogen and oxygen atoms in total. The van der Waals surface area contributed by atoms with Gasteiger partial charge in [-0.25, -0.2) is 4.98 Å².